The van der Waals surface area contributed by atoms with Gasteiger partial charge in [0, 0.05) is 19.1 Å². The van der Waals surface area contributed by atoms with Crippen molar-refractivity contribution >= 4 is 6.03 Å². The molecule has 1 heterocycles. The first-order chi connectivity index (χ1) is 6.81. The van der Waals surface area contributed by atoms with Gasteiger partial charge in [0.15, 0.2) is 0 Å². The molecular formula is C9H17N3O2. The van der Waals surface area contributed by atoms with Gasteiger partial charge >= 0.3 is 6.03 Å². The Kier molecular flexibility index (Phi) is 2.88. The van der Waals surface area contributed by atoms with Crippen LogP contribution in [0.1, 0.15) is 12.8 Å². The molecule has 2 fully saturated rings. The lowest BCUT2D eigenvalue weighted by Crippen LogP contribution is -2.55. The average molecular weight is 199 g/mol. The Bertz CT molecular complexity index is 218. The largest absolute Gasteiger partial charge is 0.377 e. The summed E-state index contributed by atoms with van der Waals surface area (Å²) in [6, 6.07) is 0.470. The van der Waals surface area contributed by atoms with E-state index in [2.05, 4.69) is 5.32 Å². The van der Waals surface area contributed by atoms with Crippen LogP contribution in [0.5, 0.6) is 0 Å². The molecule has 1 unspecified atom stereocenters. The first-order valence-electron chi connectivity index (χ1n) is 5.16. The zero-order chi connectivity index (χ0) is 9.97. The molecule has 14 heavy (non-hydrogen) atoms. The summed E-state index contributed by atoms with van der Waals surface area (Å²) in [4.78, 5) is 13.5. The maximum Gasteiger partial charge on any atom is 0.318 e. The third kappa shape index (κ3) is 2.16. The summed E-state index contributed by atoms with van der Waals surface area (Å²) < 4.78 is 5.27. The van der Waals surface area contributed by atoms with Crippen molar-refractivity contribution in [3.8, 4) is 0 Å². The highest BCUT2D eigenvalue weighted by Crippen LogP contribution is 2.19. The molecule has 0 aromatic heterocycles. The Labute approximate surface area is 83.6 Å². The number of rotatable bonds is 2. The topological polar surface area (TPSA) is 67.6 Å². The standard InChI is InChI=1S/C9H17N3O2/c10-5-8-6-14-4-3-12(8)9(13)11-7-1-2-7/h7-8H,1-6,10H2,(H,11,13). The van der Waals surface area contributed by atoms with Gasteiger partial charge in [0.05, 0.1) is 19.3 Å². The van der Waals surface area contributed by atoms with Crippen LogP contribution in [-0.2, 0) is 4.74 Å². The fourth-order valence-corrected chi connectivity index (χ4v) is 1.60. The van der Waals surface area contributed by atoms with Crippen LogP contribution >= 0.6 is 0 Å². The van der Waals surface area contributed by atoms with Crippen LogP contribution in [0.15, 0.2) is 0 Å². The highest BCUT2D eigenvalue weighted by atomic mass is 16.5. The molecule has 80 valence electrons. The van der Waals surface area contributed by atoms with Gasteiger partial charge in [-0.05, 0) is 12.8 Å². The second-order valence-electron chi connectivity index (χ2n) is 3.88. The van der Waals surface area contributed by atoms with Gasteiger partial charge < -0.3 is 20.7 Å². The lowest BCUT2D eigenvalue weighted by Gasteiger charge is -2.34. The van der Waals surface area contributed by atoms with E-state index in [1.807, 2.05) is 0 Å². The van der Waals surface area contributed by atoms with Gasteiger partial charge in [-0.3, -0.25) is 0 Å². The molecule has 1 saturated heterocycles. The first kappa shape index (κ1) is 9.73. The maximum absolute atomic E-state index is 11.7. The third-order valence-electron chi connectivity index (χ3n) is 2.67. The van der Waals surface area contributed by atoms with Crippen molar-refractivity contribution in [1.29, 1.82) is 0 Å². The van der Waals surface area contributed by atoms with Crippen LogP contribution < -0.4 is 11.1 Å². The van der Waals surface area contributed by atoms with Crippen molar-refractivity contribution < 1.29 is 9.53 Å². The molecule has 0 radical (unpaired) electrons. The molecule has 2 rings (SSSR count). The minimum absolute atomic E-state index is 0.0197. The Morgan fingerprint density at radius 2 is 2.36 bits per heavy atom. The van der Waals surface area contributed by atoms with Crippen LogP contribution in [0.25, 0.3) is 0 Å². The molecular weight excluding hydrogens is 182 g/mol. The molecule has 1 aliphatic carbocycles. The Morgan fingerprint density at radius 1 is 1.57 bits per heavy atom. The van der Waals surface area contributed by atoms with Crippen LogP contribution in [0, 0.1) is 0 Å². The Morgan fingerprint density at radius 3 is 3.00 bits per heavy atom. The molecule has 2 amide bonds. The number of nitrogens with one attached hydrogen (secondary N) is 1. The molecule has 5 nitrogen and oxygen atoms in total. The van der Waals surface area contributed by atoms with Crippen LogP contribution in [0.3, 0.4) is 0 Å². The number of hydrogen-bond donors (Lipinski definition) is 2. The molecule has 3 N–H and O–H groups in total. The van der Waals surface area contributed by atoms with Crippen molar-refractivity contribution in [3.05, 3.63) is 0 Å². The van der Waals surface area contributed by atoms with Crippen LogP contribution in [0.4, 0.5) is 4.79 Å². The second-order valence-corrected chi connectivity index (χ2v) is 3.88. The summed E-state index contributed by atoms with van der Waals surface area (Å²) >= 11 is 0. The highest BCUT2D eigenvalue weighted by molar-refractivity contribution is 5.75. The summed E-state index contributed by atoms with van der Waals surface area (Å²) in [5.74, 6) is 0. The molecule has 0 spiro atoms. The van der Waals surface area contributed by atoms with Crippen molar-refractivity contribution in [2.75, 3.05) is 26.3 Å². The minimum Gasteiger partial charge on any atom is -0.377 e. The number of morpholine rings is 1. The SMILES string of the molecule is NCC1COCCN1C(=O)NC1CC1. The van der Waals surface area contributed by atoms with Gasteiger partial charge in [-0.15, -0.1) is 0 Å². The van der Waals surface area contributed by atoms with Gasteiger partial charge in [0.25, 0.3) is 0 Å². The van der Waals surface area contributed by atoms with Crippen LogP contribution in [0.2, 0.25) is 0 Å². The number of hydrogen-bond acceptors (Lipinski definition) is 3. The van der Waals surface area contributed by atoms with E-state index in [4.69, 9.17) is 10.5 Å². The van der Waals surface area contributed by atoms with E-state index >= 15 is 0 Å². The van der Waals surface area contributed by atoms with E-state index in [1.165, 1.54) is 0 Å². The number of carbonyl (C=O) groups is 1. The molecule has 1 atom stereocenters. The van der Waals surface area contributed by atoms with Crippen molar-refractivity contribution in [2.24, 2.45) is 5.73 Å². The third-order valence-corrected chi connectivity index (χ3v) is 2.67. The number of nitrogens with zero attached hydrogens (tertiary/aromatic N) is 1. The lowest BCUT2D eigenvalue weighted by molar-refractivity contribution is 0.0156. The van der Waals surface area contributed by atoms with Crippen molar-refractivity contribution in [3.63, 3.8) is 0 Å². The average Bonchev–Trinajstić information content (AvgIpc) is 3.01. The quantitative estimate of drug-likeness (QED) is 0.631. The zero-order valence-electron chi connectivity index (χ0n) is 8.24. The smallest absolute Gasteiger partial charge is 0.318 e. The van der Waals surface area contributed by atoms with E-state index in [1.54, 1.807) is 4.90 Å². The molecule has 1 saturated carbocycles. The summed E-state index contributed by atoms with van der Waals surface area (Å²) in [7, 11) is 0. The predicted molar refractivity (Wildman–Crippen MR) is 51.9 cm³/mol. The van der Waals surface area contributed by atoms with Gasteiger partial charge in [0.1, 0.15) is 0 Å². The van der Waals surface area contributed by atoms with Gasteiger partial charge in [0.2, 0.25) is 0 Å². The summed E-state index contributed by atoms with van der Waals surface area (Å²) in [6.45, 7) is 2.31. The number of amides is 2. The molecule has 2 aliphatic rings. The summed E-state index contributed by atoms with van der Waals surface area (Å²) in [6.07, 6.45) is 2.23. The van der Waals surface area contributed by atoms with Crippen molar-refractivity contribution in [1.82, 2.24) is 10.2 Å². The monoisotopic (exact) mass is 199 g/mol. The molecule has 1 aliphatic heterocycles. The number of nitrogens with two attached hydrogens (primary N) is 1. The van der Waals surface area contributed by atoms with E-state index < -0.39 is 0 Å². The van der Waals surface area contributed by atoms with Gasteiger partial charge in [-0.1, -0.05) is 0 Å². The van der Waals surface area contributed by atoms with Gasteiger partial charge in [-0.25, -0.2) is 4.79 Å². The first-order valence-corrected chi connectivity index (χ1v) is 5.16. The predicted octanol–water partition coefficient (Wildman–Crippen LogP) is -0.482. The molecule has 0 aromatic rings. The fraction of sp³-hybridized carbons (Fsp3) is 0.889. The van der Waals surface area contributed by atoms with Gasteiger partial charge in [-0.2, -0.15) is 0 Å². The number of ether oxygens (including phenoxy) is 1. The van der Waals surface area contributed by atoms with Crippen molar-refractivity contribution in [2.45, 2.75) is 24.9 Å². The Hall–Kier alpha value is -0.810. The number of urea groups is 1. The van der Waals surface area contributed by atoms with E-state index in [0.717, 1.165) is 12.8 Å². The molecule has 0 aromatic carbocycles. The van der Waals surface area contributed by atoms with Crippen LogP contribution in [-0.4, -0.2) is 49.3 Å². The normalized spacial score (nSPS) is 27.5. The summed E-state index contributed by atoms with van der Waals surface area (Å²) in [5.41, 5.74) is 5.58. The second kappa shape index (κ2) is 4.14. The van der Waals surface area contributed by atoms with E-state index in [0.29, 0.717) is 32.3 Å². The lowest BCUT2D eigenvalue weighted by atomic mass is 10.2. The summed E-state index contributed by atoms with van der Waals surface area (Å²) in [5, 5.41) is 2.96. The maximum atomic E-state index is 11.7. The Balaban J connectivity index is 1.87. The highest BCUT2D eigenvalue weighted by Gasteiger charge is 2.30. The zero-order valence-corrected chi connectivity index (χ0v) is 8.24. The minimum atomic E-state index is 0.0197. The molecule has 5 heteroatoms. The van der Waals surface area contributed by atoms with E-state index in [9.17, 15) is 4.79 Å². The molecule has 0 bridgehead atoms. The van der Waals surface area contributed by atoms with E-state index in [-0.39, 0.29) is 12.1 Å². The fourth-order valence-electron chi connectivity index (χ4n) is 1.60. The number of carbonyl (C=O) groups excluding carboxylic acids is 1.